The van der Waals surface area contributed by atoms with Crippen LogP contribution in [-0.4, -0.2) is 108 Å². The Morgan fingerprint density at radius 1 is 0.633 bits per heavy atom. The Kier molecular flexibility index (Phi) is 25.5. The summed E-state index contributed by atoms with van der Waals surface area (Å²) in [5, 5.41) is 74.0. The van der Waals surface area contributed by atoms with E-state index in [9.17, 15) is 50.0 Å². The molecular weight excluding hydrogens is 657 g/mol. The Morgan fingerprint density at radius 3 is 1.47 bits per heavy atom. The van der Waals surface area contributed by atoms with E-state index < -0.39 is 75.2 Å². The van der Waals surface area contributed by atoms with Gasteiger partial charge in [0, 0.05) is 0 Å². The fraction of sp³-hybridized carbons (Fsp3) is 0.971. The fourth-order valence-electron chi connectivity index (χ4n) is 6.24. The number of carbonyl (C=O) groups is 1. The molecule has 0 aromatic carbocycles. The first kappa shape index (κ1) is 46.3. The number of hydrogen-bond acceptors (Lipinski definition) is 11. The molecule has 14 heteroatoms. The number of phosphoric acid groups is 1. The van der Waals surface area contributed by atoms with E-state index in [-0.39, 0.29) is 12.8 Å². The van der Waals surface area contributed by atoms with Gasteiger partial charge in [-0.15, -0.1) is 0 Å². The Morgan fingerprint density at radius 2 is 1.02 bits per heavy atom. The molecule has 13 nitrogen and oxygen atoms in total. The first-order valence-corrected chi connectivity index (χ1v) is 20.6. The fourth-order valence-corrected chi connectivity index (χ4v) is 7.21. The van der Waals surface area contributed by atoms with E-state index in [0.29, 0.717) is 12.8 Å². The number of aliphatic hydroxyl groups excluding tert-OH is 7. The molecule has 0 aliphatic heterocycles. The number of aliphatic hydroxyl groups is 7. The van der Waals surface area contributed by atoms with Crippen LogP contribution in [0.2, 0.25) is 0 Å². The van der Waals surface area contributed by atoms with Gasteiger partial charge < -0.3 is 46.0 Å². The maximum atomic E-state index is 12.9. The van der Waals surface area contributed by atoms with Gasteiger partial charge in [-0.3, -0.25) is 13.8 Å². The largest absolute Gasteiger partial charge is 0.472 e. The number of carbonyl (C=O) groups excluding carboxylic acids is 1. The van der Waals surface area contributed by atoms with Crippen molar-refractivity contribution < 1.29 is 59.0 Å². The molecule has 8 atom stereocenters. The number of rotatable bonds is 30. The second kappa shape index (κ2) is 27.0. The molecule has 0 saturated heterocycles. The highest BCUT2D eigenvalue weighted by molar-refractivity contribution is 7.47. The number of nitrogens with one attached hydrogen (secondary N) is 1. The first-order valence-electron chi connectivity index (χ1n) is 19.1. The molecule has 1 fully saturated rings. The van der Waals surface area contributed by atoms with Crippen molar-refractivity contribution in [1.82, 2.24) is 5.32 Å². The third-order valence-corrected chi connectivity index (χ3v) is 10.5. The lowest BCUT2D eigenvalue weighted by Gasteiger charge is -2.41. The molecular formula is C35H70NO12P. The molecule has 9 N–H and O–H groups in total. The summed E-state index contributed by atoms with van der Waals surface area (Å²) in [6, 6.07) is -1.14. The highest BCUT2D eigenvalue weighted by atomic mass is 31.2. The summed E-state index contributed by atoms with van der Waals surface area (Å²) in [4.78, 5) is 23.2. The van der Waals surface area contributed by atoms with Crippen LogP contribution in [-0.2, 0) is 18.4 Å². The van der Waals surface area contributed by atoms with E-state index in [1.165, 1.54) is 64.2 Å². The zero-order chi connectivity index (χ0) is 36.7. The molecule has 1 saturated carbocycles. The average molecular weight is 728 g/mol. The van der Waals surface area contributed by atoms with Gasteiger partial charge in [0.25, 0.3) is 0 Å². The summed E-state index contributed by atoms with van der Waals surface area (Å²) in [5.74, 6) is -0.564. The molecule has 8 unspecified atom stereocenters. The number of phosphoric ester groups is 1. The van der Waals surface area contributed by atoms with Gasteiger partial charge in [-0.05, 0) is 12.8 Å². The van der Waals surface area contributed by atoms with Crippen LogP contribution in [0.4, 0.5) is 0 Å². The highest BCUT2D eigenvalue weighted by Gasteiger charge is 2.51. The van der Waals surface area contributed by atoms with Crippen molar-refractivity contribution in [2.45, 2.75) is 210 Å². The van der Waals surface area contributed by atoms with Crippen LogP contribution in [0.5, 0.6) is 0 Å². The van der Waals surface area contributed by atoms with Crippen molar-refractivity contribution >= 4 is 13.7 Å². The van der Waals surface area contributed by atoms with Crippen molar-refractivity contribution in [2.24, 2.45) is 0 Å². The molecule has 1 rings (SSSR count). The minimum absolute atomic E-state index is 0.218. The molecule has 0 radical (unpaired) electrons. The number of amides is 1. The molecule has 1 amide bonds. The van der Waals surface area contributed by atoms with E-state index in [2.05, 4.69) is 19.2 Å². The summed E-state index contributed by atoms with van der Waals surface area (Å²) in [6.45, 7) is 3.70. The molecule has 0 aromatic heterocycles. The van der Waals surface area contributed by atoms with Gasteiger partial charge in [0.05, 0.1) is 31.3 Å². The standard InChI is InChI=1S/C35H70NO12P/c1-3-5-7-9-11-13-15-17-19-21-23-28(38)27(36-29(39)24-26(37)22-20-18-16-14-12-10-8-6-4-2)25-47-49(45,46)48-35-33(43)31(41)30(40)32(42)34(35)44/h26-28,30-35,37-38,40-44H,3-25H2,1-2H3,(H,36,39)(H,45,46). The number of hydrogen-bond donors (Lipinski definition) is 9. The van der Waals surface area contributed by atoms with Crippen LogP contribution in [0.1, 0.15) is 155 Å². The van der Waals surface area contributed by atoms with Crippen LogP contribution < -0.4 is 5.32 Å². The quantitative estimate of drug-likeness (QED) is 0.0376. The summed E-state index contributed by atoms with van der Waals surface area (Å²) < 4.78 is 22.7. The zero-order valence-electron chi connectivity index (χ0n) is 30.1. The molecule has 1 aliphatic carbocycles. The predicted octanol–water partition coefficient (Wildman–Crippen LogP) is 4.14. The van der Waals surface area contributed by atoms with Crippen LogP contribution in [0.25, 0.3) is 0 Å². The lowest BCUT2D eigenvalue weighted by Crippen LogP contribution is -2.64. The van der Waals surface area contributed by atoms with Crippen molar-refractivity contribution in [2.75, 3.05) is 6.61 Å². The smallest absolute Gasteiger partial charge is 0.393 e. The summed E-state index contributed by atoms with van der Waals surface area (Å²) in [6.07, 6.45) is 7.66. The number of unbranched alkanes of at least 4 members (excludes halogenated alkanes) is 17. The molecule has 1 aliphatic rings. The molecule has 0 heterocycles. The van der Waals surface area contributed by atoms with E-state index >= 15 is 0 Å². The van der Waals surface area contributed by atoms with Crippen molar-refractivity contribution in [1.29, 1.82) is 0 Å². The molecule has 292 valence electrons. The normalized spacial score (nSPS) is 25.8. The minimum Gasteiger partial charge on any atom is -0.393 e. The van der Waals surface area contributed by atoms with E-state index in [4.69, 9.17) is 9.05 Å². The highest BCUT2D eigenvalue weighted by Crippen LogP contribution is 2.47. The third-order valence-electron chi connectivity index (χ3n) is 9.47. The van der Waals surface area contributed by atoms with Crippen LogP contribution in [0, 0.1) is 0 Å². The average Bonchev–Trinajstić information content (AvgIpc) is 3.06. The first-order chi connectivity index (χ1) is 23.3. The van der Waals surface area contributed by atoms with Crippen LogP contribution in [0.15, 0.2) is 0 Å². The van der Waals surface area contributed by atoms with Gasteiger partial charge in [0.1, 0.15) is 36.6 Å². The lowest BCUT2D eigenvalue weighted by atomic mass is 9.85. The molecule has 0 aromatic rings. The van der Waals surface area contributed by atoms with Crippen LogP contribution >= 0.6 is 7.82 Å². The lowest BCUT2D eigenvalue weighted by molar-refractivity contribution is -0.220. The second-order valence-corrected chi connectivity index (χ2v) is 15.4. The molecule has 0 bridgehead atoms. The van der Waals surface area contributed by atoms with Gasteiger partial charge in [-0.1, -0.05) is 136 Å². The van der Waals surface area contributed by atoms with E-state index in [1.807, 2.05) is 0 Å². The Hall–Kier alpha value is -0.700. The minimum atomic E-state index is -5.10. The third kappa shape index (κ3) is 20.2. The monoisotopic (exact) mass is 727 g/mol. The van der Waals surface area contributed by atoms with Crippen molar-refractivity contribution in [3.8, 4) is 0 Å². The van der Waals surface area contributed by atoms with Gasteiger partial charge in [-0.2, -0.15) is 0 Å². The zero-order valence-corrected chi connectivity index (χ0v) is 31.0. The summed E-state index contributed by atoms with van der Waals surface area (Å²) in [7, 11) is -5.10. The maximum Gasteiger partial charge on any atom is 0.472 e. The summed E-state index contributed by atoms with van der Waals surface area (Å²) in [5.41, 5.74) is 0. The van der Waals surface area contributed by atoms with Gasteiger partial charge in [0.2, 0.25) is 5.91 Å². The molecule has 49 heavy (non-hydrogen) atoms. The predicted molar refractivity (Wildman–Crippen MR) is 188 cm³/mol. The topological polar surface area (TPSA) is 226 Å². The van der Waals surface area contributed by atoms with Gasteiger partial charge >= 0.3 is 7.82 Å². The van der Waals surface area contributed by atoms with Crippen LogP contribution in [0.3, 0.4) is 0 Å². The van der Waals surface area contributed by atoms with E-state index in [0.717, 1.165) is 51.4 Å². The Balaban J connectivity index is 2.65. The van der Waals surface area contributed by atoms with Crippen molar-refractivity contribution in [3.05, 3.63) is 0 Å². The van der Waals surface area contributed by atoms with E-state index in [1.54, 1.807) is 0 Å². The van der Waals surface area contributed by atoms with Gasteiger partial charge in [-0.25, -0.2) is 4.57 Å². The molecule has 0 spiro atoms. The SMILES string of the molecule is CCCCCCCCCCCCC(O)C(COP(=O)(O)OC1C(O)C(O)C(O)C(O)C1O)NC(=O)CC(O)CCCCCCCCCCC. The Labute approximate surface area is 294 Å². The van der Waals surface area contributed by atoms with Crippen molar-refractivity contribution in [3.63, 3.8) is 0 Å². The Bertz CT molecular complexity index is 870. The van der Waals surface area contributed by atoms with Gasteiger partial charge in [0.15, 0.2) is 0 Å². The summed E-state index contributed by atoms with van der Waals surface area (Å²) >= 11 is 0. The second-order valence-electron chi connectivity index (χ2n) is 14.0. The maximum absolute atomic E-state index is 12.9.